The van der Waals surface area contributed by atoms with Crippen molar-refractivity contribution in [3.8, 4) is 0 Å². The zero-order valence-corrected chi connectivity index (χ0v) is 15.0. The first-order chi connectivity index (χ1) is 11.2. The number of ether oxygens (including phenoxy) is 1. The largest absolute Gasteiger partial charge is 0.444 e. The van der Waals surface area contributed by atoms with E-state index in [4.69, 9.17) is 15.3 Å². The Kier molecular flexibility index (Phi) is 7.18. The van der Waals surface area contributed by atoms with E-state index >= 15 is 0 Å². The van der Waals surface area contributed by atoms with E-state index in [1.807, 2.05) is 24.3 Å². The molecule has 7 heteroatoms. The molecule has 2 amide bonds. The maximum atomic E-state index is 12.5. The highest BCUT2D eigenvalue weighted by Gasteiger charge is 2.27. The van der Waals surface area contributed by atoms with E-state index in [-0.39, 0.29) is 5.91 Å². The van der Waals surface area contributed by atoms with Crippen molar-refractivity contribution in [2.45, 2.75) is 45.4 Å². The second kappa shape index (κ2) is 8.65. The number of alkyl carbamates (subject to hydrolysis) is 1. The van der Waals surface area contributed by atoms with Gasteiger partial charge in [0.15, 0.2) is 0 Å². The third-order valence-electron chi connectivity index (χ3n) is 3.34. The number of amides is 2. The van der Waals surface area contributed by atoms with Crippen LogP contribution in [0.15, 0.2) is 24.3 Å². The highest BCUT2D eigenvalue weighted by molar-refractivity contribution is 5.85. The van der Waals surface area contributed by atoms with Crippen molar-refractivity contribution < 1.29 is 19.2 Å². The maximum Gasteiger partial charge on any atom is 0.408 e. The summed E-state index contributed by atoms with van der Waals surface area (Å²) in [4.78, 5) is 29.5. The smallest absolute Gasteiger partial charge is 0.408 e. The molecule has 0 heterocycles. The van der Waals surface area contributed by atoms with Gasteiger partial charge in [0, 0.05) is 20.0 Å². The molecule has 0 aliphatic rings. The third kappa shape index (κ3) is 6.17. The van der Waals surface area contributed by atoms with Crippen LogP contribution in [0.3, 0.4) is 0 Å². The lowest BCUT2D eigenvalue weighted by atomic mass is 9.99. The Hall–Kier alpha value is -2.12. The van der Waals surface area contributed by atoms with Crippen LogP contribution in [0, 0.1) is 0 Å². The van der Waals surface area contributed by atoms with E-state index in [9.17, 15) is 9.59 Å². The molecule has 0 aliphatic carbocycles. The molecule has 0 unspecified atom stereocenters. The van der Waals surface area contributed by atoms with Gasteiger partial charge in [0.05, 0.1) is 7.11 Å². The van der Waals surface area contributed by atoms with Crippen molar-refractivity contribution in [1.82, 2.24) is 10.4 Å². The van der Waals surface area contributed by atoms with Gasteiger partial charge in [-0.25, -0.2) is 9.86 Å². The summed E-state index contributed by atoms with van der Waals surface area (Å²) >= 11 is 0. The number of benzene rings is 1. The molecule has 1 rings (SSSR count). The molecule has 1 aromatic carbocycles. The van der Waals surface area contributed by atoms with Gasteiger partial charge in [-0.2, -0.15) is 0 Å². The molecule has 0 fully saturated rings. The summed E-state index contributed by atoms with van der Waals surface area (Å²) in [6.45, 7) is 5.63. The monoisotopic (exact) mass is 337 g/mol. The number of nitrogens with zero attached hydrogens (tertiary/aromatic N) is 1. The Morgan fingerprint density at radius 3 is 2.33 bits per heavy atom. The first kappa shape index (κ1) is 19.9. The quantitative estimate of drug-likeness (QED) is 0.769. The van der Waals surface area contributed by atoms with Crippen LogP contribution in [0.25, 0.3) is 0 Å². The lowest BCUT2D eigenvalue weighted by Gasteiger charge is -2.26. The summed E-state index contributed by atoms with van der Waals surface area (Å²) in [6, 6.07) is 6.70. The number of likely N-dealkylation sites (N-methyl/N-ethyl adjacent to an activating group) is 1. The maximum absolute atomic E-state index is 12.5. The van der Waals surface area contributed by atoms with Crippen LogP contribution in [-0.4, -0.2) is 42.9 Å². The highest BCUT2D eigenvalue weighted by atomic mass is 16.7. The van der Waals surface area contributed by atoms with E-state index < -0.39 is 17.7 Å². The zero-order valence-electron chi connectivity index (χ0n) is 15.0. The molecule has 0 saturated heterocycles. The summed E-state index contributed by atoms with van der Waals surface area (Å²) in [7, 11) is 2.87. The van der Waals surface area contributed by atoms with Crippen LogP contribution < -0.4 is 11.1 Å². The Labute approximate surface area is 143 Å². The van der Waals surface area contributed by atoms with Gasteiger partial charge in [0.1, 0.15) is 11.6 Å². The fourth-order valence-electron chi connectivity index (χ4n) is 2.14. The van der Waals surface area contributed by atoms with Crippen LogP contribution in [-0.2, 0) is 27.3 Å². The number of nitrogens with two attached hydrogens (primary N) is 1. The summed E-state index contributed by atoms with van der Waals surface area (Å²) in [5.41, 5.74) is 6.89. The number of rotatable bonds is 6. The molecule has 134 valence electrons. The van der Waals surface area contributed by atoms with E-state index in [1.165, 1.54) is 14.2 Å². The number of hydroxylamine groups is 2. The lowest BCUT2D eigenvalue weighted by molar-refractivity contribution is -0.171. The molecule has 0 bridgehead atoms. The van der Waals surface area contributed by atoms with E-state index in [2.05, 4.69) is 5.32 Å². The van der Waals surface area contributed by atoms with Crippen molar-refractivity contribution in [1.29, 1.82) is 0 Å². The fourth-order valence-corrected chi connectivity index (χ4v) is 2.14. The van der Waals surface area contributed by atoms with Gasteiger partial charge in [0.2, 0.25) is 0 Å². The van der Waals surface area contributed by atoms with E-state index in [0.29, 0.717) is 13.0 Å². The van der Waals surface area contributed by atoms with Crippen LogP contribution in [0.2, 0.25) is 0 Å². The molecule has 0 aliphatic heterocycles. The van der Waals surface area contributed by atoms with Crippen LogP contribution in [0.5, 0.6) is 0 Å². The Morgan fingerprint density at radius 1 is 1.25 bits per heavy atom. The predicted octanol–water partition coefficient (Wildman–Crippen LogP) is 1.60. The van der Waals surface area contributed by atoms with Crippen molar-refractivity contribution in [2.75, 3.05) is 14.2 Å². The minimum atomic E-state index is -0.822. The topological polar surface area (TPSA) is 93.9 Å². The summed E-state index contributed by atoms with van der Waals surface area (Å²) < 4.78 is 5.24. The van der Waals surface area contributed by atoms with Crippen LogP contribution in [0.4, 0.5) is 4.79 Å². The van der Waals surface area contributed by atoms with Gasteiger partial charge in [0.25, 0.3) is 5.91 Å². The predicted molar refractivity (Wildman–Crippen MR) is 91.0 cm³/mol. The van der Waals surface area contributed by atoms with Gasteiger partial charge in [-0.15, -0.1) is 0 Å². The fraction of sp³-hybridized carbons (Fsp3) is 0.529. The molecule has 3 N–H and O–H groups in total. The molecule has 0 spiro atoms. The molecule has 7 nitrogen and oxygen atoms in total. The number of carbonyl (C=O) groups excluding carboxylic acids is 2. The molecule has 1 atom stereocenters. The molecule has 0 aromatic heterocycles. The summed E-state index contributed by atoms with van der Waals surface area (Å²) in [5, 5.41) is 3.69. The number of carbonyl (C=O) groups is 2. The normalized spacial score (nSPS) is 12.4. The second-order valence-electron chi connectivity index (χ2n) is 6.39. The Morgan fingerprint density at radius 2 is 1.83 bits per heavy atom. The minimum Gasteiger partial charge on any atom is -0.444 e. The van der Waals surface area contributed by atoms with Crippen molar-refractivity contribution in [3.05, 3.63) is 35.4 Å². The molecular formula is C17H27N3O4. The Bertz CT molecular complexity index is 569. The van der Waals surface area contributed by atoms with Gasteiger partial charge in [-0.05, 0) is 31.9 Å². The van der Waals surface area contributed by atoms with Crippen molar-refractivity contribution in [3.63, 3.8) is 0 Å². The average molecular weight is 337 g/mol. The summed E-state index contributed by atoms with van der Waals surface area (Å²) in [5.74, 6) is -0.379. The SMILES string of the molecule is CON(C)C(=O)[C@H](Cc1ccccc1CN)NC(=O)OC(C)(C)C. The molecule has 1 aromatic rings. The number of hydrogen-bond acceptors (Lipinski definition) is 5. The minimum absolute atomic E-state index is 0.291. The molecular weight excluding hydrogens is 310 g/mol. The first-order valence-corrected chi connectivity index (χ1v) is 7.76. The van der Waals surface area contributed by atoms with Gasteiger partial charge < -0.3 is 15.8 Å². The second-order valence-corrected chi connectivity index (χ2v) is 6.39. The van der Waals surface area contributed by atoms with Crippen LogP contribution >= 0.6 is 0 Å². The number of hydrogen-bond donors (Lipinski definition) is 2. The Balaban J connectivity index is 2.97. The molecule has 0 radical (unpaired) electrons. The van der Waals surface area contributed by atoms with E-state index in [0.717, 1.165) is 16.2 Å². The van der Waals surface area contributed by atoms with Crippen molar-refractivity contribution in [2.24, 2.45) is 5.73 Å². The van der Waals surface area contributed by atoms with Gasteiger partial charge >= 0.3 is 6.09 Å². The zero-order chi connectivity index (χ0) is 18.3. The van der Waals surface area contributed by atoms with Crippen LogP contribution in [0.1, 0.15) is 31.9 Å². The van der Waals surface area contributed by atoms with Crippen molar-refractivity contribution >= 4 is 12.0 Å². The molecule has 24 heavy (non-hydrogen) atoms. The average Bonchev–Trinajstić information content (AvgIpc) is 2.51. The first-order valence-electron chi connectivity index (χ1n) is 7.76. The lowest BCUT2D eigenvalue weighted by Crippen LogP contribution is -2.49. The third-order valence-corrected chi connectivity index (χ3v) is 3.34. The van der Waals surface area contributed by atoms with Gasteiger partial charge in [-0.3, -0.25) is 9.63 Å². The van der Waals surface area contributed by atoms with E-state index in [1.54, 1.807) is 20.8 Å². The molecule has 0 saturated carbocycles. The summed E-state index contributed by atoms with van der Waals surface area (Å²) in [6.07, 6.45) is -0.366. The highest BCUT2D eigenvalue weighted by Crippen LogP contribution is 2.13. The van der Waals surface area contributed by atoms with Gasteiger partial charge in [-0.1, -0.05) is 24.3 Å². The standard InChI is InChI=1S/C17H27N3O4/c1-17(2,3)24-16(22)19-14(15(21)20(4)23-5)10-12-8-6-7-9-13(12)11-18/h6-9,14H,10-11,18H2,1-5H3,(H,19,22)/t14-/m0/s1. The number of nitrogens with one attached hydrogen (secondary N) is 1.